The molecule has 0 heterocycles. The quantitative estimate of drug-likeness (QED) is 0.518. The lowest BCUT2D eigenvalue weighted by atomic mass is 10.0. The molecule has 0 saturated carbocycles. The molecule has 0 spiro atoms. The molecule has 0 amide bonds. The Balaban J connectivity index is 1.83. The van der Waals surface area contributed by atoms with Crippen molar-refractivity contribution in [2.75, 3.05) is 6.61 Å². The second-order valence-electron chi connectivity index (χ2n) is 6.07. The van der Waals surface area contributed by atoms with Gasteiger partial charge in [-0.15, -0.1) is 0 Å². The number of rotatable bonds is 8. The number of benzene rings is 2. The molecule has 4 heteroatoms. The fourth-order valence-electron chi connectivity index (χ4n) is 2.49. The number of hydrogen-bond acceptors (Lipinski definition) is 4. The van der Waals surface area contributed by atoms with Crippen molar-refractivity contribution in [1.82, 2.24) is 0 Å². The molecular formula is C22H24O4. The van der Waals surface area contributed by atoms with Crippen LogP contribution in [0.4, 0.5) is 0 Å². The molecule has 0 aliphatic carbocycles. The van der Waals surface area contributed by atoms with Crippen molar-refractivity contribution in [3.8, 4) is 0 Å². The Hall–Kier alpha value is -2.88. The van der Waals surface area contributed by atoms with E-state index in [4.69, 9.17) is 9.47 Å². The van der Waals surface area contributed by atoms with E-state index in [1.165, 1.54) is 6.08 Å². The van der Waals surface area contributed by atoms with Crippen LogP contribution in [0.2, 0.25) is 0 Å². The summed E-state index contributed by atoms with van der Waals surface area (Å²) >= 11 is 0. The van der Waals surface area contributed by atoms with E-state index in [9.17, 15) is 9.59 Å². The standard InChI is InChI=1S/C22H24O4/c1-3-20(26-21(23)15-14-18-10-6-4-7-11-18)17(2)16-25-22(24)19-12-8-5-9-13-19/h4-15,17,20H,3,16H2,1-2H3. The van der Waals surface area contributed by atoms with Crippen molar-refractivity contribution in [2.45, 2.75) is 26.4 Å². The van der Waals surface area contributed by atoms with Crippen molar-refractivity contribution in [1.29, 1.82) is 0 Å². The zero-order chi connectivity index (χ0) is 18.8. The van der Waals surface area contributed by atoms with Gasteiger partial charge >= 0.3 is 11.9 Å². The van der Waals surface area contributed by atoms with E-state index in [0.29, 0.717) is 12.0 Å². The van der Waals surface area contributed by atoms with E-state index < -0.39 is 5.97 Å². The van der Waals surface area contributed by atoms with Crippen molar-refractivity contribution < 1.29 is 19.1 Å². The van der Waals surface area contributed by atoms with Gasteiger partial charge in [-0.1, -0.05) is 62.4 Å². The van der Waals surface area contributed by atoms with Crippen LogP contribution in [0.15, 0.2) is 66.7 Å². The van der Waals surface area contributed by atoms with Crippen LogP contribution >= 0.6 is 0 Å². The molecule has 0 fully saturated rings. The number of hydrogen-bond donors (Lipinski definition) is 0. The summed E-state index contributed by atoms with van der Waals surface area (Å²) < 4.78 is 10.8. The van der Waals surface area contributed by atoms with Gasteiger partial charge in [0.2, 0.25) is 0 Å². The van der Waals surface area contributed by atoms with E-state index in [2.05, 4.69) is 0 Å². The first kappa shape index (κ1) is 19.4. The maximum Gasteiger partial charge on any atom is 0.338 e. The third kappa shape index (κ3) is 6.20. The van der Waals surface area contributed by atoms with E-state index >= 15 is 0 Å². The van der Waals surface area contributed by atoms with Crippen molar-refractivity contribution in [3.05, 3.63) is 77.9 Å². The molecule has 2 rings (SSSR count). The van der Waals surface area contributed by atoms with Gasteiger partial charge in [-0.2, -0.15) is 0 Å². The molecule has 2 atom stereocenters. The molecule has 0 aliphatic heterocycles. The molecule has 2 unspecified atom stereocenters. The summed E-state index contributed by atoms with van der Waals surface area (Å²) in [6.45, 7) is 4.04. The summed E-state index contributed by atoms with van der Waals surface area (Å²) in [6, 6.07) is 18.4. The predicted octanol–water partition coefficient (Wildman–Crippen LogP) is 4.51. The maximum atomic E-state index is 12.0. The Bertz CT molecular complexity index is 722. The van der Waals surface area contributed by atoms with Crippen LogP contribution in [0.25, 0.3) is 6.08 Å². The second kappa shape index (κ2) is 10.2. The minimum atomic E-state index is -0.401. The molecular weight excluding hydrogens is 328 g/mol. The normalized spacial score (nSPS) is 13.2. The third-order valence-corrected chi connectivity index (χ3v) is 4.00. The van der Waals surface area contributed by atoms with Crippen LogP contribution in [0.3, 0.4) is 0 Å². The monoisotopic (exact) mass is 352 g/mol. The highest BCUT2D eigenvalue weighted by molar-refractivity contribution is 5.89. The minimum absolute atomic E-state index is 0.0956. The van der Waals surface area contributed by atoms with Gasteiger partial charge in [0.15, 0.2) is 0 Å². The molecule has 0 bridgehead atoms. The Morgan fingerprint density at radius 1 is 1.00 bits per heavy atom. The fourth-order valence-corrected chi connectivity index (χ4v) is 2.49. The van der Waals surface area contributed by atoms with E-state index in [0.717, 1.165) is 5.56 Å². The van der Waals surface area contributed by atoms with Crippen molar-refractivity contribution in [3.63, 3.8) is 0 Å². The van der Waals surface area contributed by atoms with Crippen molar-refractivity contribution >= 4 is 18.0 Å². The SMILES string of the molecule is CCC(OC(=O)C=Cc1ccccc1)C(C)COC(=O)c1ccccc1. The van der Waals surface area contributed by atoms with Gasteiger partial charge in [-0.25, -0.2) is 9.59 Å². The second-order valence-corrected chi connectivity index (χ2v) is 6.07. The highest BCUT2D eigenvalue weighted by atomic mass is 16.6. The van der Waals surface area contributed by atoms with Gasteiger partial charge in [0.1, 0.15) is 6.10 Å². The Kier molecular flexibility index (Phi) is 7.62. The molecule has 0 aromatic heterocycles. The third-order valence-electron chi connectivity index (χ3n) is 4.00. The first-order valence-corrected chi connectivity index (χ1v) is 8.76. The molecule has 0 saturated heterocycles. The lowest BCUT2D eigenvalue weighted by Gasteiger charge is -2.22. The largest absolute Gasteiger partial charge is 0.462 e. The Morgan fingerprint density at radius 2 is 1.62 bits per heavy atom. The fraction of sp³-hybridized carbons (Fsp3) is 0.273. The first-order chi connectivity index (χ1) is 12.6. The summed E-state index contributed by atoms with van der Waals surface area (Å²) in [7, 11) is 0. The topological polar surface area (TPSA) is 52.6 Å². The lowest BCUT2D eigenvalue weighted by molar-refractivity contribution is -0.146. The molecule has 26 heavy (non-hydrogen) atoms. The summed E-state index contributed by atoms with van der Waals surface area (Å²) in [5, 5.41) is 0. The van der Waals surface area contributed by atoms with Crippen LogP contribution in [0.5, 0.6) is 0 Å². The molecule has 0 N–H and O–H groups in total. The average Bonchev–Trinajstić information content (AvgIpc) is 2.69. The van der Waals surface area contributed by atoms with Crippen LogP contribution in [-0.2, 0) is 14.3 Å². The zero-order valence-corrected chi connectivity index (χ0v) is 15.1. The highest BCUT2D eigenvalue weighted by Gasteiger charge is 2.21. The molecule has 136 valence electrons. The van der Waals surface area contributed by atoms with Gasteiger partial charge in [-0.05, 0) is 30.2 Å². The molecule has 0 radical (unpaired) electrons. The smallest absolute Gasteiger partial charge is 0.338 e. The minimum Gasteiger partial charge on any atom is -0.462 e. The Morgan fingerprint density at radius 3 is 2.23 bits per heavy atom. The van der Waals surface area contributed by atoms with Crippen LogP contribution in [0.1, 0.15) is 36.2 Å². The van der Waals surface area contributed by atoms with E-state index in [-0.39, 0.29) is 24.6 Å². The van der Waals surface area contributed by atoms with Crippen LogP contribution < -0.4 is 0 Å². The van der Waals surface area contributed by atoms with Gasteiger partial charge in [0.25, 0.3) is 0 Å². The number of ether oxygens (including phenoxy) is 2. The molecule has 2 aromatic carbocycles. The van der Waals surface area contributed by atoms with E-state index in [1.807, 2.05) is 50.2 Å². The zero-order valence-electron chi connectivity index (χ0n) is 15.1. The summed E-state index contributed by atoms with van der Waals surface area (Å²) in [6.07, 6.45) is 3.47. The van der Waals surface area contributed by atoms with E-state index in [1.54, 1.807) is 30.3 Å². The van der Waals surface area contributed by atoms with Crippen LogP contribution in [-0.4, -0.2) is 24.6 Å². The van der Waals surface area contributed by atoms with Gasteiger partial charge in [-0.3, -0.25) is 0 Å². The lowest BCUT2D eigenvalue weighted by Crippen LogP contribution is -2.28. The van der Waals surface area contributed by atoms with Gasteiger partial charge in [0.05, 0.1) is 12.2 Å². The number of carbonyl (C=O) groups is 2. The van der Waals surface area contributed by atoms with Gasteiger partial charge in [0, 0.05) is 12.0 Å². The van der Waals surface area contributed by atoms with Crippen LogP contribution in [0, 0.1) is 5.92 Å². The maximum absolute atomic E-state index is 12.0. The summed E-state index contributed by atoms with van der Waals surface area (Å²) in [5.74, 6) is -0.869. The Labute approximate surface area is 154 Å². The molecule has 0 aliphatic rings. The summed E-state index contributed by atoms with van der Waals surface area (Å²) in [5.41, 5.74) is 1.44. The average molecular weight is 352 g/mol. The first-order valence-electron chi connectivity index (χ1n) is 8.76. The predicted molar refractivity (Wildman–Crippen MR) is 102 cm³/mol. The van der Waals surface area contributed by atoms with Gasteiger partial charge < -0.3 is 9.47 Å². The van der Waals surface area contributed by atoms with Crippen molar-refractivity contribution in [2.24, 2.45) is 5.92 Å². The molecule has 4 nitrogen and oxygen atoms in total. The molecule has 2 aromatic rings. The number of esters is 2. The highest BCUT2D eigenvalue weighted by Crippen LogP contribution is 2.14. The number of carbonyl (C=O) groups excluding carboxylic acids is 2. The summed E-state index contributed by atoms with van der Waals surface area (Å²) in [4.78, 5) is 24.0.